The van der Waals surface area contributed by atoms with Gasteiger partial charge < -0.3 is 5.73 Å². The molecule has 0 atom stereocenters. The van der Waals surface area contributed by atoms with Crippen molar-refractivity contribution in [3.63, 3.8) is 0 Å². The quantitative estimate of drug-likeness (QED) is 0.509. The zero-order chi connectivity index (χ0) is 13.7. The fraction of sp³-hybridized carbons (Fsp3) is 0.0769. The molecule has 0 fully saturated rings. The van der Waals surface area contributed by atoms with E-state index in [1.54, 1.807) is 37.6 Å². The summed E-state index contributed by atoms with van der Waals surface area (Å²) in [5.41, 5.74) is 7.68. The van der Waals surface area contributed by atoms with Gasteiger partial charge in [0.05, 0.1) is 11.9 Å². The third-order valence-corrected chi connectivity index (χ3v) is 2.44. The van der Waals surface area contributed by atoms with Gasteiger partial charge in [-0.2, -0.15) is 5.10 Å². The molecule has 19 heavy (non-hydrogen) atoms. The van der Waals surface area contributed by atoms with Gasteiger partial charge in [-0.15, -0.1) is 5.10 Å². The number of aromatic nitrogens is 2. The number of amidine groups is 1. The molecule has 1 aromatic carbocycles. The molecule has 6 heteroatoms. The van der Waals surface area contributed by atoms with Gasteiger partial charge >= 0.3 is 0 Å². The highest BCUT2D eigenvalue weighted by molar-refractivity contribution is 6.00. The van der Waals surface area contributed by atoms with E-state index >= 15 is 0 Å². The summed E-state index contributed by atoms with van der Waals surface area (Å²) >= 11 is 0. The Morgan fingerprint density at radius 3 is 2.63 bits per heavy atom. The van der Waals surface area contributed by atoms with Crippen LogP contribution in [0.5, 0.6) is 0 Å². The number of hydrogen-bond donors (Lipinski definition) is 1. The number of H-pyrrole nitrogens is 1. The monoisotopic (exact) mass is 258 g/mol. The topological polar surface area (TPSA) is 77.8 Å². The zero-order valence-corrected chi connectivity index (χ0v) is 10.3. The van der Waals surface area contributed by atoms with Gasteiger partial charge in [0.2, 0.25) is 0 Å². The molecule has 5 nitrogen and oxygen atoms in total. The number of benzene rings is 1. The highest BCUT2D eigenvalue weighted by Gasteiger charge is 2.02. The van der Waals surface area contributed by atoms with Crippen LogP contribution >= 0.6 is 0 Å². The van der Waals surface area contributed by atoms with Gasteiger partial charge in [0, 0.05) is 0 Å². The summed E-state index contributed by atoms with van der Waals surface area (Å²) in [6.07, 6.45) is 4.87. The minimum absolute atomic E-state index is 0.207. The molecule has 1 heterocycles. The average molecular weight is 258 g/mol. The summed E-state index contributed by atoms with van der Waals surface area (Å²) in [4.78, 5) is 6.89. The SMILES string of the molecule is C/C(=N/N=C(N)c1c[nH+]ccn1)c1ccc(F)cc1. The van der Waals surface area contributed by atoms with Crippen LogP contribution in [-0.2, 0) is 0 Å². The first kappa shape index (κ1) is 12.8. The first-order valence-electron chi connectivity index (χ1n) is 5.63. The minimum Gasteiger partial charge on any atom is -0.380 e. The molecule has 0 unspecified atom stereocenters. The van der Waals surface area contributed by atoms with Crippen LogP contribution in [0, 0.1) is 5.82 Å². The van der Waals surface area contributed by atoms with Crippen LogP contribution in [0.15, 0.2) is 53.1 Å². The summed E-state index contributed by atoms with van der Waals surface area (Å²) in [5, 5.41) is 7.90. The van der Waals surface area contributed by atoms with Gasteiger partial charge in [0.1, 0.15) is 5.82 Å². The Kier molecular flexibility index (Phi) is 3.92. The lowest BCUT2D eigenvalue weighted by Gasteiger charge is -1.98. The Morgan fingerprint density at radius 2 is 2.00 bits per heavy atom. The number of rotatable bonds is 3. The molecule has 0 aliphatic heterocycles. The van der Waals surface area contributed by atoms with E-state index in [9.17, 15) is 4.39 Å². The van der Waals surface area contributed by atoms with Crippen molar-refractivity contribution in [3.8, 4) is 0 Å². The van der Waals surface area contributed by atoms with Crippen LogP contribution in [0.25, 0.3) is 0 Å². The lowest BCUT2D eigenvalue weighted by Crippen LogP contribution is -2.18. The van der Waals surface area contributed by atoms with E-state index in [-0.39, 0.29) is 11.7 Å². The van der Waals surface area contributed by atoms with Crippen LogP contribution in [0.3, 0.4) is 0 Å². The normalized spacial score (nSPS) is 12.5. The predicted molar refractivity (Wildman–Crippen MR) is 70.1 cm³/mol. The van der Waals surface area contributed by atoms with Gasteiger partial charge in [0.15, 0.2) is 23.9 Å². The Labute approximate surface area is 109 Å². The van der Waals surface area contributed by atoms with Gasteiger partial charge in [-0.25, -0.2) is 14.4 Å². The molecular formula is C13H13FN5+. The highest BCUT2D eigenvalue weighted by Crippen LogP contribution is 2.04. The molecule has 0 amide bonds. The maximum absolute atomic E-state index is 12.8. The number of hydrogen-bond acceptors (Lipinski definition) is 3. The van der Waals surface area contributed by atoms with E-state index in [4.69, 9.17) is 5.73 Å². The summed E-state index contributed by atoms with van der Waals surface area (Å²) in [6, 6.07) is 6.01. The Hall–Kier alpha value is -2.63. The zero-order valence-electron chi connectivity index (χ0n) is 10.3. The number of halogens is 1. The van der Waals surface area contributed by atoms with E-state index in [1.807, 2.05) is 0 Å². The van der Waals surface area contributed by atoms with Crippen LogP contribution < -0.4 is 10.7 Å². The van der Waals surface area contributed by atoms with E-state index in [2.05, 4.69) is 20.2 Å². The Balaban J connectivity index is 2.20. The fourth-order valence-electron chi connectivity index (χ4n) is 1.39. The molecule has 0 saturated carbocycles. The smallest absolute Gasteiger partial charge is 0.196 e. The van der Waals surface area contributed by atoms with Crippen molar-refractivity contribution in [1.82, 2.24) is 4.98 Å². The number of nitrogens with two attached hydrogens (primary N) is 1. The molecule has 1 aromatic heterocycles. The Morgan fingerprint density at radius 1 is 1.26 bits per heavy atom. The molecule has 0 aliphatic carbocycles. The first-order valence-corrected chi connectivity index (χ1v) is 5.63. The van der Waals surface area contributed by atoms with Crippen molar-refractivity contribution in [2.45, 2.75) is 6.92 Å². The molecule has 2 rings (SSSR count). The second-order valence-corrected chi connectivity index (χ2v) is 3.82. The first-order chi connectivity index (χ1) is 9.16. The number of nitrogens with zero attached hydrogens (tertiary/aromatic N) is 3. The summed E-state index contributed by atoms with van der Waals surface area (Å²) in [6.45, 7) is 1.77. The molecule has 96 valence electrons. The molecule has 0 radical (unpaired) electrons. The summed E-state index contributed by atoms with van der Waals surface area (Å²) in [7, 11) is 0. The number of aromatic amines is 1. The van der Waals surface area contributed by atoms with E-state index in [1.165, 1.54) is 12.1 Å². The minimum atomic E-state index is -0.288. The van der Waals surface area contributed by atoms with Gasteiger partial charge in [-0.05, 0) is 24.6 Å². The van der Waals surface area contributed by atoms with Crippen molar-refractivity contribution in [2.75, 3.05) is 0 Å². The molecule has 0 spiro atoms. The maximum Gasteiger partial charge on any atom is 0.196 e. The van der Waals surface area contributed by atoms with Gasteiger partial charge in [-0.1, -0.05) is 12.1 Å². The van der Waals surface area contributed by atoms with Crippen molar-refractivity contribution < 1.29 is 9.37 Å². The van der Waals surface area contributed by atoms with E-state index in [0.29, 0.717) is 11.4 Å². The van der Waals surface area contributed by atoms with Crippen molar-refractivity contribution >= 4 is 11.5 Å². The van der Waals surface area contributed by atoms with Crippen LogP contribution in [-0.4, -0.2) is 16.5 Å². The van der Waals surface area contributed by atoms with Crippen molar-refractivity contribution in [2.24, 2.45) is 15.9 Å². The summed E-state index contributed by atoms with van der Waals surface area (Å²) < 4.78 is 12.8. The molecule has 0 aliphatic rings. The van der Waals surface area contributed by atoms with Crippen LogP contribution in [0.2, 0.25) is 0 Å². The molecule has 2 aromatic rings. The second-order valence-electron chi connectivity index (χ2n) is 3.82. The standard InChI is InChI=1S/C13H12FN5/c1-9(10-2-4-11(14)5-3-10)18-19-13(15)12-8-16-6-7-17-12/h2-8H,1H3,(H2,15,19)/p+1/b18-9-. The second kappa shape index (κ2) is 5.81. The molecule has 0 bridgehead atoms. The Bertz CT molecular complexity index is 605. The third-order valence-electron chi connectivity index (χ3n) is 2.44. The molecule has 0 saturated heterocycles. The molecule has 3 N–H and O–H groups in total. The van der Waals surface area contributed by atoms with E-state index in [0.717, 1.165) is 5.56 Å². The van der Waals surface area contributed by atoms with E-state index < -0.39 is 0 Å². The summed E-state index contributed by atoms with van der Waals surface area (Å²) in [5.74, 6) is -0.0816. The van der Waals surface area contributed by atoms with Gasteiger partial charge in [0.25, 0.3) is 0 Å². The average Bonchev–Trinajstić information content (AvgIpc) is 2.46. The lowest BCUT2D eigenvalue weighted by atomic mass is 10.1. The largest absolute Gasteiger partial charge is 0.380 e. The van der Waals surface area contributed by atoms with Crippen molar-refractivity contribution in [1.29, 1.82) is 0 Å². The number of nitrogens with one attached hydrogen (secondary N) is 1. The van der Waals surface area contributed by atoms with Crippen LogP contribution in [0.1, 0.15) is 18.2 Å². The van der Waals surface area contributed by atoms with Crippen molar-refractivity contribution in [3.05, 3.63) is 59.9 Å². The predicted octanol–water partition coefficient (Wildman–Crippen LogP) is 1.16. The maximum atomic E-state index is 12.8. The third kappa shape index (κ3) is 3.41. The van der Waals surface area contributed by atoms with Gasteiger partial charge in [-0.3, -0.25) is 0 Å². The molecular weight excluding hydrogens is 245 g/mol. The highest BCUT2D eigenvalue weighted by atomic mass is 19.1. The fourth-order valence-corrected chi connectivity index (χ4v) is 1.39. The lowest BCUT2D eigenvalue weighted by molar-refractivity contribution is -0.379. The van der Waals surface area contributed by atoms with Crippen LogP contribution in [0.4, 0.5) is 4.39 Å².